The van der Waals surface area contributed by atoms with Gasteiger partial charge in [0, 0.05) is 16.7 Å². The number of halogens is 1. The van der Waals surface area contributed by atoms with Crippen molar-refractivity contribution >= 4 is 22.5 Å². The van der Waals surface area contributed by atoms with Crippen LogP contribution in [0.25, 0.3) is 10.9 Å². The van der Waals surface area contributed by atoms with E-state index in [1.54, 1.807) is 0 Å². The number of quaternary nitrogens is 1. The smallest absolute Gasteiger partial charge is 0.253 e. The zero-order chi connectivity index (χ0) is 17.2. The lowest BCUT2D eigenvalue weighted by molar-refractivity contribution is -0.930. The maximum Gasteiger partial charge on any atom is 0.253 e. The van der Waals surface area contributed by atoms with Crippen LogP contribution in [0.4, 0.5) is 0 Å². The van der Waals surface area contributed by atoms with Crippen molar-refractivity contribution in [1.82, 2.24) is 0 Å². The Balaban J connectivity index is 1.85. The third kappa shape index (κ3) is 3.22. The molecule has 1 aliphatic rings. The first-order valence-electron chi connectivity index (χ1n) is 8.96. The predicted octanol–water partition coefficient (Wildman–Crippen LogP) is 3.17. The number of nitrogens with one attached hydrogen (secondary N) is 2. The number of aromatic amines is 1. The van der Waals surface area contributed by atoms with Crippen LogP contribution < -0.4 is 9.88 Å². The van der Waals surface area contributed by atoms with Crippen LogP contribution in [-0.4, -0.2) is 18.2 Å². The maximum atomic E-state index is 11.0. The molecule has 4 heteroatoms. The molecule has 1 aliphatic heterocycles. The van der Waals surface area contributed by atoms with Crippen molar-refractivity contribution in [2.75, 3.05) is 13.1 Å². The molecule has 0 aliphatic carbocycles. The summed E-state index contributed by atoms with van der Waals surface area (Å²) in [5.41, 5.74) is 2.98. The highest BCUT2D eigenvalue weighted by Gasteiger charge is 2.31. The number of hydrogen-bond acceptors (Lipinski definition) is 1. The number of likely N-dealkylation sites (tertiary alicyclic amines) is 1. The van der Waals surface area contributed by atoms with Crippen molar-refractivity contribution < 1.29 is 15.0 Å². The predicted molar refractivity (Wildman–Crippen MR) is 100 cm³/mol. The minimum absolute atomic E-state index is 0.121. The van der Waals surface area contributed by atoms with Gasteiger partial charge < -0.3 is 10.0 Å². The van der Waals surface area contributed by atoms with Crippen LogP contribution in [0.5, 0.6) is 5.75 Å². The Kier molecular flexibility index (Phi) is 4.60. The number of phenols is 1. The highest BCUT2D eigenvalue weighted by Crippen LogP contribution is 2.32. The second-order valence-electron chi connectivity index (χ2n) is 6.84. The van der Waals surface area contributed by atoms with Crippen LogP contribution in [0.3, 0.4) is 0 Å². The fraction of sp³-hybridized carbons (Fsp3) is 0.286. The van der Waals surface area contributed by atoms with Gasteiger partial charge in [-0.15, -0.1) is 0 Å². The molecule has 4 rings (SSSR count). The Morgan fingerprint density at radius 3 is 2.48 bits per heavy atom. The van der Waals surface area contributed by atoms with E-state index in [9.17, 15) is 5.11 Å². The van der Waals surface area contributed by atoms with Gasteiger partial charge in [-0.2, -0.15) is 0 Å². The molecule has 3 aromatic rings. The van der Waals surface area contributed by atoms with Gasteiger partial charge in [0.2, 0.25) is 0 Å². The molecule has 0 saturated carbocycles. The summed E-state index contributed by atoms with van der Waals surface area (Å²) in [5.74, 6) is 0.358. The Labute approximate surface area is 152 Å². The van der Waals surface area contributed by atoms with E-state index < -0.39 is 0 Å². The first-order valence-corrected chi connectivity index (χ1v) is 9.34. The number of pyridine rings is 1. The van der Waals surface area contributed by atoms with Gasteiger partial charge in [-0.3, -0.25) is 0 Å². The molecule has 3 N–H and O–H groups in total. The number of aromatic hydroxyl groups is 1. The highest BCUT2D eigenvalue weighted by atomic mass is 35.5. The van der Waals surface area contributed by atoms with Crippen LogP contribution >= 0.6 is 11.6 Å². The molecule has 3 nitrogen and oxygen atoms in total. The van der Waals surface area contributed by atoms with Crippen LogP contribution in [0.1, 0.15) is 36.4 Å². The van der Waals surface area contributed by atoms with E-state index in [2.05, 4.69) is 29.2 Å². The van der Waals surface area contributed by atoms with Crippen molar-refractivity contribution in [2.45, 2.75) is 25.3 Å². The molecule has 1 saturated heterocycles. The first kappa shape index (κ1) is 16.4. The summed E-state index contributed by atoms with van der Waals surface area (Å²) in [6.07, 6.45) is 5.63. The van der Waals surface area contributed by atoms with Crippen molar-refractivity contribution in [3.8, 4) is 5.75 Å². The number of fused-ring (bicyclic) bond motifs is 1. The van der Waals surface area contributed by atoms with Gasteiger partial charge in [-0.25, -0.2) is 4.98 Å². The van der Waals surface area contributed by atoms with Crippen molar-refractivity contribution in [3.05, 3.63) is 70.9 Å². The topological polar surface area (TPSA) is 38.8 Å². The first-order chi connectivity index (χ1) is 12.2. The van der Waals surface area contributed by atoms with Gasteiger partial charge in [0.1, 0.15) is 6.04 Å². The Bertz CT molecular complexity index is 873. The van der Waals surface area contributed by atoms with Gasteiger partial charge in [0.15, 0.2) is 11.9 Å². The fourth-order valence-corrected chi connectivity index (χ4v) is 4.14. The summed E-state index contributed by atoms with van der Waals surface area (Å²) in [5, 5.41) is 12.8. The Morgan fingerprint density at radius 2 is 1.72 bits per heavy atom. The van der Waals surface area contributed by atoms with E-state index in [1.165, 1.54) is 29.7 Å². The standard InChI is InChI=1S/C21H21ClN2O/c22-17-9-6-16(7-10-17)20(24-13-2-1-3-14-24)18-11-8-15-5-4-12-23-19(15)21(18)25/h4-12,20,25H,1-3,13-14H2/p+2. The van der Waals surface area contributed by atoms with Crippen molar-refractivity contribution in [2.24, 2.45) is 0 Å². The molecule has 0 radical (unpaired) electrons. The average Bonchev–Trinajstić information content (AvgIpc) is 2.66. The number of piperidine rings is 1. The average molecular weight is 355 g/mol. The minimum Gasteiger partial charge on any atom is -0.502 e. The SMILES string of the molecule is Oc1c(C(c2ccc(Cl)cc2)[NH+]2CCCCC2)ccc2ccc[nH+]c12. The highest BCUT2D eigenvalue weighted by molar-refractivity contribution is 6.30. The summed E-state index contributed by atoms with van der Waals surface area (Å²) in [7, 11) is 0. The van der Waals surface area contributed by atoms with Gasteiger partial charge in [-0.05, 0) is 49.6 Å². The molecule has 0 amide bonds. The van der Waals surface area contributed by atoms with Crippen LogP contribution in [0.15, 0.2) is 54.7 Å². The largest absolute Gasteiger partial charge is 0.502 e. The molecule has 0 spiro atoms. The molecule has 0 bridgehead atoms. The summed E-state index contributed by atoms with van der Waals surface area (Å²) in [6.45, 7) is 2.26. The van der Waals surface area contributed by atoms with E-state index in [0.29, 0.717) is 5.75 Å². The van der Waals surface area contributed by atoms with Crippen LogP contribution in [-0.2, 0) is 0 Å². The third-order valence-corrected chi connectivity index (χ3v) is 5.51. The molecular weight excluding hydrogens is 332 g/mol. The molecule has 25 heavy (non-hydrogen) atoms. The molecule has 1 fully saturated rings. The fourth-order valence-electron chi connectivity index (χ4n) is 4.01. The van der Waals surface area contributed by atoms with E-state index in [1.807, 2.05) is 30.5 Å². The number of rotatable bonds is 3. The van der Waals surface area contributed by atoms with E-state index in [-0.39, 0.29) is 6.04 Å². The zero-order valence-corrected chi connectivity index (χ0v) is 14.9. The summed E-state index contributed by atoms with van der Waals surface area (Å²) >= 11 is 6.10. The number of aromatic nitrogens is 1. The number of benzene rings is 2. The lowest BCUT2D eigenvalue weighted by Gasteiger charge is -2.32. The van der Waals surface area contributed by atoms with E-state index in [4.69, 9.17) is 11.6 Å². The minimum atomic E-state index is 0.121. The number of phenolic OH excluding ortho intramolecular Hbond substituents is 1. The lowest BCUT2D eigenvalue weighted by atomic mass is 9.93. The van der Waals surface area contributed by atoms with E-state index in [0.717, 1.165) is 34.6 Å². The van der Waals surface area contributed by atoms with Gasteiger partial charge >= 0.3 is 0 Å². The molecule has 1 atom stereocenters. The molecular formula is C21H23ClN2O+2. The van der Waals surface area contributed by atoms with Gasteiger partial charge in [-0.1, -0.05) is 23.7 Å². The van der Waals surface area contributed by atoms with Gasteiger partial charge in [0.25, 0.3) is 5.52 Å². The second-order valence-corrected chi connectivity index (χ2v) is 7.28. The second kappa shape index (κ2) is 7.03. The molecule has 128 valence electrons. The maximum absolute atomic E-state index is 11.0. The Morgan fingerprint density at radius 1 is 0.960 bits per heavy atom. The van der Waals surface area contributed by atoms with Crippen LogP contribution in [0.2, 0.25) is 5.02 Å². The monoisotopic (exact) mass is 354 g/mol. The summed E-state index contributed by atoms with van der Waals surface area (Å²) in [6, 6.07) is 16.3. The van der Waals surface area contributed by atoms with E-state index >= 15 is 0 Å². The van der Waals surface area contributed by atoms with Crippen molar-refractivity contribution in [1.29, 1.82) is 0 Å². The number of H-pyrrole nitrogens is 1. The third-order valence-electron chi connectivity index (χ3n) is 5.26. The molecule has 1 aromatic heterocycles. The molecule has 2 aromatic carbocycles. The Hall–Kier alpha value is -2.10. The normalized spacial score (nSPS) is 16.8. The lowest BCUT2D eigenvalue weighted by Crippen LogP contribution is -3.13. The number of hydrogen-bond donors (Lipinski definition) is 2. The van der Waals surface area contributed by atoms with Gasteiger partial charge in [0.05, 0.1) is 24.0 Å². The molecule has 2 heterocycles. The summed E-state index contributed by atoms with van der Waals surface area (Å²) in [4.78, 5) is 4.71. The molecule has 1 unspecified atom stereocenters. The summed E-state index contributed by atoms with van der Waals surface area (Å²) < 4.78 is 0. The quantitative estimate of drug-likeness (QED) is 0.745. The zero-order valence-electron chi connectivity index (χ0n) is 14.1. The van der Waals surface area contributed by atoms with Crippen molar-refractivity contribution in [3.63, 3.8) is 0 Å². The van der Waals surface area contributed by atoms with Crippen LogP contribution in [0, 0.1) is 0 Å².